The number of nitriles is 1. The fourth-order valence-electron chi connectivity index (χ4n) is 1.71. The summed E-state index contributed by atoms with van der Waals surface area (Å²) < 4.78 is 4.64. The molecule has 1 aliphatic heterocycles. The number of hydrogen-bond donors (Lipinski definition) is 1. The fraction of sp³-hybridized carbons (Fsp3) is 0.364. The minimum atomic E-state index is -0.501. The van der Waals surface area contributed by atoms with E-state index in [1.54, 1.807) is 0 Å². The van der Waals surface area contributed by atoms with Crippen molar-refractivity contribution in [1.82, 2.24) is 10.2 Å². The van der Waals surface area contributed by atoms with E-state index in [4.69, 9.17) is 5.26 Å². The molecule has 2 rings (SSSR count). The first-order valence-electron chi connectivity index (χ1n) is 5.22. The number of piperazine rings is 1. The first-order chi connectivity index (χ1) is 8.22. The zero-order chi connectivity index (χ0) is 12.3. The van der Waals surface area contributed by atoms with Crippen molar-refractivity contribution < 1.29 is 9.21 Å². The molecular weight excluding hydrogens is 222 g/mol. The Balaban J connectivity index is 2.21. The summed E-state index contributed by atoms with van der Waals surface area (Å²) in [6, 6.07) is 4.18. The van der Waals surface area contributed by atoms with E-state index in [1.165, 1.54) is 17.0 Å². The second kappa shape index (κ2) is 4.80. The first kappa shape index (κ1) is 11.4. The average molecular weight is 233 g/mol. The maximum Gasteiger partial charge on any atom is 0.335 e. The topological polar surface area (TPSA) is 86.3 Å². The Morgan fingerprint density at radius 1 is 1.59 bits per heavy atom. The molecular formula is C11H11N3O3. The van der Waals surface area contributed by atoms with Gasteiger partial charge in [-0.2, -0.15) is 5.26 Å². The number of carbonyl (C=O) groups is 1. The third-order valence-electron chi connectivity index (χ3n) is 2.60. The molecule has 6 nitrogen and oxygen atoms in total. The molecule has 0 aliphatic carbocycles. The molecule has 1 aliphatic rings. The second-order valence-electron chi connectivity index (χ2n) is 3.69. The highest BCUT2D eigenvalue weighted by Gasteiger charge is 2.27. The van der Waals surface area contributed by atoms with E-state index in [0.717, 1.165) is 6.26 Å². The quantitative estimate of drug-likeness (QED) is 0.711. The van der Waals surface area contributed by atoms with Crippen LogP contribution in [0.2, 0.25) is 0 Å². The van der Waals surface area contributed by atoms with Crippen LogP contribution in [0.1, 0.15) is 10.4 Å². The van der Waals surface area contributed by atoms with E-state index in [9.17, 15) is 9.59 Å². The lowest BCUT2D eigenvalue weighted by atomic mass is 10.1. The van der Waals surface area contributed by atoms with E-state index >= 15 is 0 Å². The van der Waals surface area contributed by atoms with Crippen molar-refractivity contribution in [3.05, 3.63) is 34.4 Å². The molecule has 1 aromatic heterocycles. The monoisotopic (exact) mass is 233 g/mol. The number of carbonyl (C=O) groups excluding carboxylic acids is 1. The zero-order valence-corrected chi connectivity index (χ0v) is 9.05. The van der Waals surface area contributed by atoms with Gasteiger partial charge in [0.05, 0.1) is 11.6 Å². The van der Waals surface area contributed by atoms with Crippen molar-refractivity contribution in [2.75, 3.05) is 19.6 Å². The summed E-state index contributed by atoms with van der Waals surface area (Å²) in [5.74, 6) is -0.290. The molecule has 1 saturated heterocycles. The molecule has 1 amide bonds. The number of nitrogens with one attached hydrogen (secondary N) is 1. The van der Waals surface area contributed by atoms with Crippen molar-refractivity contribution in [1.29, 1.82) is 5.26 Å². The molecule has 0 saturated carbocycles. The highest BCUT2D eigenvalue weighted by molar-refractivity contribution is 5.94. The Hall–Kier alpha value is -2.13. The number of hydrogen-bond acceptors (Lipinski definition) is 5. The Bertz CT molecular complexity index is 497. The predicted octanol–water partition coefficient (Wildman–Crippen LogP) is -0.423. The molecule has 1 atom stereocenters. The van der Waals surface area contributed by atoms with Crippen LogP contribution < -0.4 is 10.9 Å². The van der Waals surface area contributed by atoms with E-state index in [0.29, 0.717) is 19.6 Å². The van der Waals surface area contributed by atoms with Crippen LogP contribution in [0.15, 0.2) is 27.6 Å². The molecule has 1 unspecified atom stereocenters. The predicted molar refractivity (Wildman–Crippen MR) is 58.3 cm³/mol. The van der Waals surface area contributed by atoms with E-state index in [1.807, 2.05) is 0 Å². The average Bonchev–Trinajstić information content (AvgIpc) is 2.39. The Kier molecular flexibility index (Phi) is 3.21. The van der Waals surface area contributed by atoms with Crippen LogP contribution in [0.4, 0.5) is 0 Å². The van der Waals surface area contributed by atoms with Crippen molar-refractivity contribution in [3.63, 3.8) is 0 Å². The largest absolute Gasteiger partial charge is 0.430 e. The van der Waals surface area contributed by atoms with Crippen LogP contribution in [0.5, 0.6) is 0 Å². The normalized spacial score (nSPS) is 19.7. The van der Waals surface area contributed by atoms with Crippen LogP contribution in [0.3, 0.4) is 0 Å². The smallest absolute Gasteiger partial charge is 0.335 e. The van der Waals surface area contributed by atoms with Gasteiger partial charge in [0, 0.05) is 25.7 Å². The first-order valence-corrected chi connectivity index (χ1v) is 5.22. The third kappa shape index (κ3) is 2.34. The molecule has 1 aromatic rings. The molecule has 88 valence electrons. The van der Waals surface area contributed by atoms with Gasteiger partial charge in [-0.15, -0.1) is 0 Å². The summed E-state index contributed by atoms with van der Waals surface area (Å²) in [5.41, 5.74) is -0.217. The lowest BCUT2D eigenvalue weighted by molar-refractivity contribution is 0.0684. The van der Waals surface area contributed by atoms with Gasteiger partial charge in [-0.25, -0.2) is 4.79 Å². The van der Waals surface area contributed by atoms with Gasteiger partial charge in [-0.3, -0.25) is 4.79 Å². The van der Waals surface area contributed by atoms with Crippen LogP contribution in [0.25, 0.3) is 0 Å². The molecule has 17 heavy (non-hydrogen) atoms. The van der Waals surface area contributed by atoms with Crippen molar-refractivity contribution in [3.8, 4) is 6.07 Å². The summed E-state index contributed by atoms with van der Waals surface area (Å²) in [4.78, 5) is 24.3. The van der Waals surface area contributed by atoms with Crippen LogP contribution in [-0.4, -0.2) is 36.5 Å². The number of rotatable bonds is 1. The van der Waals surface area contributed by atoms with E-state index in [2.05, 4.69) is 15.8 Å². The number of nitrogens with zero attached hydrogens (tertiary/aromatic N) is 2. The van der Waals surface area contributed by atoms with Gasteiger partial charge in [-0.05, 0) is 6.07 Å². The molecule has 0 bridgehead atoms. The lowest BCUT2D eigenvalue weighted by Crippen LogP contribution is -2.53. The second-order valence-corrected chi connectivity index (χ2v) is 3.69. The van der Waals surface area contributed by atoms with Gasteiger partial charge in [0.25, 0.3) is 5.91 Å². The lowest BCUT2D eigenvalue weighted by Gasteiger charge is -2.31. The summed E-state index contributed by atoms with van der Waals surface area (Å²) >= 11 is 0. The minimum Gasteiger partial charge on any atom is -0.430 e. The molecule has 1 fully saturated rings. The molecule has 0 spiro atoms. The maximum atomic E-state index is 12.1. The Morgan fingerprint density at radius 3 is 3.06 bits per heavy atom. The summed E-state index contributed by atoms with van der Waals surface area (Å²) in [6.45, 7) is 1.58. The highest BCUT2D eigenvalue weighted by Crippen LogP contribution is 2.09. The van der Waals surface area contributed by atoms with Gasteiger partial charge in [-0.1, -0.05) is 0 Å². The van der Waals surface area contributed by atoms with Gasteiger partial charge < -0.3 is 14.6 Å². The van der Waals surface area contributed by atoms with Gasteiger partial charge in [0.2, 0.25) is 0 Å². The van der Waals surface area contributed by atoms with Crippen LogP contribution in [-0.2, 0) is 0 Å². The Labute approximate surface area is 97.4 Å². The van der Waals surface area contributed by atoms with E-state index in [-0.39, 0.29) is 11.5 Å². The van der Waals surface area contributed by atoms with Crippen LogP contribution in [0, 0.1) is 11.3 Å². The molecule has 1 N–H and O–H groups in total. The van der Waals surface area contributed by atoms with Crippen molar-refractivity contribution in [2.24, 2.45) is 0 Å². The molecule has 2 heterocycles. The standard InChI is InChI=1S/C11H11N3O3/c12-5-9-6-13-3-4-14(9)11(16)8-1-2-10(15)17-7-8/h1-2,7,9,13H,3-4,6H2. The van der Waals surface area contributed by atoms with E-state index < -0.39 is 11.7 Å². The summed E-state index contributed by atoms with van der Waals surface area (Å²) in [7, 11) is 0. The van der Waals surface area contributed by atoms with Gasteiger partial charge in [0.15, 0.2) is 0 Å². The summed E-state index contributed by atoms with van der Waals surface area (Å²) in [6.07, 6.45) is 1.13. The molecule has 0 aromatic carbocycles. The highest BCUT2D eigenvalue weighted by atomic mass is 16.4. The molecule has 0 radical (unpaired) electrons. The van der Waals surface area contributed by atoms with Crippen molar-refractivity contribution >= 4 is 5.91 Å². The zero-order valence-electron chi connectivity index (χ0n) is 9.05. The number of amides is 1. The minimum absolute atomic E-state index is 0.284. The van der Waals surface area contributed by atoms with Crippen LogP contribution >= 0.6 is 0 Å². The Morgan fingerprint density at radius 2 is 2.41 bits per heavy atom. The molecule has 6 heteroatoms. The SMILES string of the molecule is N#CC1CNCCN1C(=O)c1ccc(=O)oc1. The third-order valence-corrected chi connectivity index (χ3v) is 2.60. The van der Waals surface area contributed by atoms with Crippen molar-refractivity contribution in [2.45, 2.75) is 6.04 Å². The van der Waals surface area contributed by atoms with Gasteiger partial charge >= 0.3 is 5.63 Å². The summed E-state index contributed by atoms with van der Waals surface area (Å²) in [5, 5.41) is 12.0. The van der Waals surface area contributed by atoms with Gasteiger partial charge in [0.1, 0.15) is 12.3 Å². The fourth-order valence-corrected chi connectivity index (χ4v) is 1.71. The maximum absolute atomic E-state index is 12.1.